The molecule has 0 saturated heterocycles. The minimum atomic E-state index is -1.00. The highest BCUT2D eigenvalue weighted by Gasteiger charge is 2.60. The van der Waals surface area contributed by atoms with Gasteiger partial charge in [0.15, 0.2) is 6.61 Å². The zero-order valence-electron chi connectivity index (χ0n) is 22.6. The van der Waals surface area contributed by atoms with Gasteiger partial charge < -0.3 is 14.7 Å². The van der Waals surface area contributed by atoms with Crippen LogP contribution in [0.25, 0.3) is 22.4 Å². The van der Waals surface area contributed by atoms with E-state index >= 15 is 0 Å². The molecule has 3 aromatic carbocycles. The third-order valence-corrected chi connectivity index (χ3v) is 8.39. The number of amides is 3. The minimum Gasteiger partial charge on any atom is -0.466 e. The normalized spacial score (nSPS) is 23.1. The second-order valence-corrected chi connectivity index (χ2v) is 11.3. The summed E-state index contributed by atoms with van der Waals surface area (Å²) in [4.78, 5) is 47.0. The zero-order valence-corrected chi connectivity index (χ0v) is 22.6. The topological polar surface area (TPSA) is 100 Å². The lowest BCUT2D eigenvalue weighted by molar-refractivity contribution is -0.121. The van der Waals surface area contributed by atoms with Crippen molar-refractivity contribution in [1.29, 1.82) is 0 Å². The molecule has 41 heavy (non-hydrogen) atoms. The van der Waals surface area contributed by atoms with Gasteiger partial charge in [0.1, 0.15) is 5.69 Å². The van der Waals surface area contributed by atoms with Crippen LogP contribution in [0.3, 0.4) is 0 Å². The first-order valence-corrected chi connectivity index (χ1v) is 13.5. The number of fused-ring (bicyclic) bond motifs is 2. The predicted octanol–water partition coefficient (Wildman–Crippen LogP) is 4.81. The van der Waals surface area contributed by atoms with Gasteiger partial charge in [-0.3, -0.25) is 19.3 Å². The van der Waals surface area contributed by atoms with E-state index in [1.54, 1.807) is 43.1 Å². The summed E-state index contributed by atoms with van der Waals surface area (Å²) in [6.45, 7) is 1.64. The molecule has 0 atom stereocenters. The van der Waals surface area contributed by atoms with Crippen LogP contribution >= 0.6 is 0 Å². The van der Waals surface area contributed by atoms with E-state index in [1.807, 2.05) is 60.7 Å². The van der Waals surface area contributed by atoms with Crippen molar-refractivity contribution < 1.29 is 24.2 Å². The molecule has 1 aliphatic carbocycles. The molecule has 3 heterocycles. The average molecular weight is 546 g/mol. The molecule has 0 unspecified atom stereocenters. The fraction of sp³-hybridized carbons (Fsp3) is 0.212. The van der Waals surface area contributed by atoms with Crippen LogP contribution in [-0.4, -0.2) is 52.0 Å². The van der Waals surface area contributed by atoms with Crippen LogP contribution in [0.4, 0.5) is 5.69 Å². The summed E-state index contributed by atoms with van der Waals surface area (Å²) in [6.07, 6.45) is 0.483. The molecule has 1 N–H and O–H groups in total. The van der Waals surface area contributed by atoms with Gasteiger partial charge in [0.05, 0.1) is 28.0 Å². The number of pyridine rings is 1. The van der Waals surface area contributed by atoms with E-state index in [1.165, 1.54) is 4.90 Å². The van der Waals surface area contributed by atoms with Crippen LogP contribution in [0.15, 0.2) is 84.9 Å². The summed E-state index contributed by atoms with van der Waals surface area (Å²) in [5.41, 5.74) is 3.42. The Hall–Kier alpha value is -4.82. The van der Waals surface area contributed by atoms with Crippen molar-refractivity contribution in [3.05, 3.63) is 102 Å². The highest BCUT2D eigenvalue weighted by Crippen LogP contribution is 2.54. The van der Waals surface area contributed by atoms with Gasteiger partial charge in [0.25, 0.3) is 17.7 Å². The number of carbonyl (C=O) groups excluding carboxylic acids is 3. The summed E-state index contributed by atoms with van der Waals surface area (Å²) < 4.78 is 5.70. The molecule has 1 fully saturated rings. The first-order chi connectivity index (χ1) is 19.7. The number of aliphatic hydroxyl groups is 1. The second-order valence-electron chi connectivity index (χ2n) is 11.3. The fourth-order valence-corrected chi connectivity index (χ4v) is 6.47. The lowest BCUT2D eigenvalue weighted by Crippen LogP contribution is -2.63. The van der Waals surface area contributed by atoms with Gasteiger partial charge in [-0.15, -0.1) is 0 Å². The summed E-state index contributed by atoms with van der Waals surface area (Å²) in [6, 6.07) is 26.2. The van der Waals surface area contributed by atoms with Crippen LogP contribution in [0.5, 0.6) is 5.88 Å². The Bertz CT molecular complexity index is 1700. The summed E-state index contributed by atoms with van der Waals surface area (Å²) in [7, 11) is 1.71. The number of imide groups is 1. The molecule has 1 saturated carbocycles. The van der Waals surface area contributed by atoms with E-state index in [0.29, 0.717) is 28.4 Å². The highest BCUT2D eigenvalue weighted by molar-refractivity contribution is 6.22. The maximum absolute atomic E-state index is 13.5. The fourth-order valence-electron chi connectivity index (χ4n) is 6.47. The number of likely N-dealkylation sites (N-methyl/N-ethyl adjacent to an activating group) is 1. The summed E-state index contributed by atoms with van der Waals surface area (Å²) in [5, 5.41) is 10.8. The number of hydrogen-bond acceptors (Lipinski definition) is 6. The SMILES string of the molecule is CN1C(=O)COc2nc(-c3ccc(C4(N5C(=O)c6ccccc6C5=O)CC(C)(O)C4)cc3)c(-c3ccccc3)cc21. The number of anilines is 1. The Kier molecular flexibility index (Phi) is 5.43. The number of aromatic nitrogens is 1. The van der Waals surface area contributed by atoms with Crippen LogP contribution in [-0.2, 0) is 10.3 Å². The molecular weight excluding hydrogens is 518 g/mol. The largest absolute Gasteiger partial charge is 0.466 e. The van der Waals surface area contributed by atoms with E-state index in [2.05, 4.69) is 0 Å². The molecule has 8 heteroatoms. The van der Waals surface area contributed by atoms with Crippen molar-refractivity contribution in [1.82, 2.24) is 9.88 Å². The molecule has 3 amide bonds. The lowest BCUT2D eigenvalue weighted by atomic mass is 9.61. The van der Waals surface area contributed by atoms with E-state index in [0.717, 1.165) is 22.3 Å². The highest BCUT2D eigenvalue weighted by atomic mass is 16.5. The third kappa shape index (κ3) is 3.78. The second kappa shape index (κ2) is 8.84. The molecule has 0 spiro atoms. The van der Waals surface area contributed by atoms with Crippen LogP contribution < -0.4 is 9.64 Å². The zero-order chi connectivity index (χ0) is 28.5. The number of carbonyl (C=O) groups is 3. The average Bonchev–Trinajstić information content (AvgIpc) is 3.23. The first kappa shape index (κ1) is 25.2. The van der Waals surface area contributed by atoms with Crippen LogP contribution in [0, 0.1) is 0 Å². The smallest absolute Gasteiger partial charge is 0.264 e. The summed E-state index contributed by atoms with van der Waals surface area (Å²) >= 11 is 0. The Morgan fingerprint density at radius 2 is 1.41 bits per heavy atom. The first-order valence-electron chi connectivity index (χ1n) is 13.5. The maximum Gasteiger partial charge on any atom is 0.264 e. The Morgan fingerprint density at radius 1 is 0.805 bits per heavy atom. The molecule has 204 valence electrons. The lowest BCUT2D eigenvalue weighted by Gasteiger charge is -2.55. The number of ether oxygens (including phenoxy) is 1. The molecule has 8 nitrogen and oxygen atoms in total. The van der Waals surface area contributed by atoms with E-state index < -0.39 is 11.1 Å². The van der Waals surface area contributed by atoms with Crippen LogP contribution in [0.1, 0.15) is 46.0 Å². The van der Waals surface area contributed by atoms with Gasteiger partial charge in [-0.2, -0.15) is 0 Å². The molecule has 0 bridgehead atoms. The Labute approximate surface area is 236 Å². The van der Waals surface area contributed by atoms with Crippen molar-refractivity contribution in [2.24, 2.45) is 0 Å². The minimum absolute atomic E-state index is 0.0811. The van der Waals surface area contributed by atoms with Gasteiger partial charge >= 0.3 is 0 Å². The molecule has 3 aliphatic rings. The standard InChI is InChI=1S/C33H27N3O5/c1-32(40)18-33(19-32,36-30(38)23-10-6-7-11-24(23)31(36)39)22-14-12-21(13-15-22)28-25(20-8-4-3-5-9-20)16-26-29(34-28)41-17-27(37)35(26)2/h3-16,40H,17-19H2,1-2H3. The molecule has 0 radical (unpaired) electrons. The van der Waals surface area contributed by atoms with Gasteiger partial charge in [0.2, 0.25) is 5.88 Å². The molecule has 2 aliphatic heterocycles. The van der Waals surface area contributed by atoms with Crippen molar-refractivity contribution in [3.8, 4) is 28.3 Å². The number of nitrogens with zero attached hydrogens (tertiary/aromatic N) is 3. The van der Waals surface area contributed by atoms with E-state index in [-0.39, 0.29) is 37.2 Å². The van der Waals surface area contributed by atoms with Gasteiger partial charge in [-0.25, -0.2) is 4.98 Å². The number of hydrogen-bond donors (Lipinski definition) is 1. The van der Waals surface area contributed by atoms with Crippen LogP contribution in [0.2, 0.25) is 0 Å². The molecule has 4 aromatic rings. The Morgan fingerprint density at radius 3 is 2.02 bits per heavy atom. The van der Waals surface area contributed by atoms with E-state index in [9.17, 15) is 19.5 Å². The molecular formula is C33H27N3O5. The number of rotatable bonds is 4. The van der Waals surface area contributed by atoms with Crippen molar-refractivity contribution in [2.45, 2.75) is 30.9 Å². The van der Waals surface area contributed by atoms with Crippen molar-refractivity contribution in [2.75, 3.05) is 18.6 Å². The van der Waals surface area contributed by atoms with Gasteiger partial charge in [-0.05, 0) is 36.2 Å². The van der Waals surface area contributed by atoms with E-state index in [4.69, 9.17) is 9.72 Å². The van der Waals surface area contributed by atoms with Gasteiger partial charge in [-0.1, -0.05) is 66.7 Å². The molecule has 1 aromatic heterocycles. The van der Waals surface area contributed by atoms with Crippen molar-refractivity contribution >= 4 is 23.4 Å². The van der Waals surface area contributed by atoms with Gasteiger partial charge in [0, 0.05) is 31.0 Å². The monoisotopic (exact) mass is 545 g/mol. The Balaban J connectivity index is 1.32. The summed E-state index contributed by atoms with van der Waals surface area (Å²) in [5.74, 6) is -0.457. The quantitative estimate of drug-likeness (QED) is 0.370. The molecule has 7 rings (SSSR count). The maximum atomic E-state index is 13.5. The third-order valence-electron chi connectivity index (χ3n) is 8.39. The number of benzene rings is 3. The van der Waals surface area contributed by atoms with Crippen molar-refractivity contribution in [3.63, 3.8) is 0 Å². The predicted molar refractivity (Wildman–Crippen MR) is 152 cm³/mol.